The second-order valence-corrected chi connectivity index (χ2v) is 4.07. The highest BCUT2D eigenvalue weighted by Crippen LogP contribution is 2.31. The molecule has 1 N–H and O–H groups in total. The van der Waals surface area contributed by atoms with E-state index in [1.165, 1.54) is 6.08 Å². The third kappa shape index (κ3) is 2.81. The number of rotatable bonds is 2. The summed E-state index contributed by atoms with van der Waals surface area (Å²) in [5, 5.41) is 8.97. The van der Waals surface area contributed by atoms with Crippen molar-refractivity contribution in [2.24, 2.45) is 0 Å². The van der Waals surface area contributed by atoms with Crippen molar-refractivity contribution in [2.45, 2.75) is 19.2 Å². The van der Waals surface area contributed by atoms with Crippen LogP contribution in [-0.4, -0.2) is 29.4 Å². The maximum absolute atomic E-state index is 12.5. The van der Waals surface area contributed by atoms with Gasteiger partial charge in [-0.15, -0.1) is 0 Å². The van der Waals surface area contributed by atoms with Crippen LogP contribution in [0.5, 0.6) is 0 Å². The number of halogens is 3. The molecule has 0 unspecified atom stereocenters. The first-order valence-electron chi connectivity index (χ1n) is 5.58. The summed E-state index contributed by atoms with van der Waals surface area (Å²) in [6.45, 7) is 0.301. The Morgan fingerprint density at radius 3 is 2.67 bits per heavy atom. The summed E-state index contributed by atoms with van der Waals surface area (Å²) in [6, 6.07) is 5.13. The van der Waals surface area contributed by atoms with E-state index in [1.807, 2.05) is 0 Å². The third-order valence-electron chi connectivity index (χ3n) is 2.85. The van der Waals surface area contributed by atoms with Gasteiger partial charge >= 0.3 is 6.18 Å². The van der Waals surface area contributed by atoms with Crippen LogP contribution in [0.2, 0.25) is 0 Å². The van der Waals surface area contributed by atoms with Gasteiger partial charge in [-0.3, -0.25) is 0 Å². The summed E-state index contributed by atoms with van der Waals surface area (Å²) in [5.74, 6) is 0.596. The van der Waals surface area contributed by atoms with Crippen molar-refractivity contribution in [3.8, 4) is 0 Å². The van der Waals surface area contributed by atoms with Crippen LogP contribution in [0.3, 0.4) is 0 Å². The van der Waals surface area contributed by atoms with Gasteiger partial charge in [0.05, 0.1) is 12.3 Å². The molecular weight excluding hydrogens is 245 g/mol. The average Bonchev–Trinajstić information content (AvgIpc) is 2.38. The summed E-state index contributed by atoms with van der Waals surface area (Å²) in [7, 11) is 0. The molecule has 2 heterocycles. The Balaban J connectivity index is 2.11. The molecule has 0 atom stereocenters. The lowest BCUT2D eigenvalue weighted by atomic mass is 10.1. The maximum atomic E-state index is 12.5. The molecule has 0 fully saturated rings. The SMILES string of the molecule is OCc1cccc(N2CC=C(C(F)(F)F)CC2)n1. The standard InChI is InChI=1S/C12H13F3N2O/c13-12(14,15)9-4-6-17(7-5-9)11-3-1-2-10(8-18)16-11/h1-4,18H,5-8H2. The van der Waals surface area contributed by atoms with Gasteiger partial charge in [0.2, 0.25) is 0 Å². The smallest absolute Gasteiger partial charge is 0.390 e. The largest absolute Gasteiger partial charge is 0.412 e. The number of aliphatic hydroxyl groups excluding tert-OH is 1. The first-order valence-corrected chi connectivity index (χ1v) is 5.58. The zero-order valence-electron chi connectivity index (χ0n) is 9.61. The normalized spacial score (nSPS) is 16.7. The molecule has 0 saturated heterocycles. The molecule has 18 heavy (non-hydrogen) atoms. The molecule has 98 valence electrons. The minimum atomic E-state index is -4.23. The molecule has 0 spiro atoms. The Bertz CT molecular complexity index is 457. The monoisotopic (exact) mass is 258 g/mol. The first kappa shape index (κ1) is 12.9. The van der Waals surface area contributed by atoms with E-state index in [0.717, 1.165) is 0 Å². The van der Waals surface area contributed by atoms with Crippen molar-refractivity contribution in [1.82, 2.24) is 4.98 Å². The number of hydrogen-bond donors (Lipinski definition) is 1. The highest BCUT2D eigenvalue weighted by molar-refractivity contribution is 5.42. The molecule has 6 heteroatoms. The van der Waals surface area contributed by atoms with Crippen LogP contribution in [0.25, 0.3) is 0 Å². The number of nitrogens with zero attached hydrogens (tertiary/aromatic N) is 2. The molecule has 0 radical (unpaired) electrons. The van der Waals surface area contributed by atoms with E-state index in [2.05, 4.69) is 4.98 Å². The van der Waals surface area contributed by atoms with Crippen molar-refractivity contribution in [3.05, 3.63) is 35.5 Å². The van der Waals surface area contributed by atoms with E-state index < -0.39 is 11.7 Å². The number of aliphatic hydroxyl groups is 1. The number of aromatic nitrogens is 1. The van der Waals surface area contributed by atoms with Gasteiger partial charge in [-0.1, -0.05) is 12.1 Å². The number of hydrogen-bond acceptors (Lipinski definition) is 3. The topological polar surface area (TPSA) is 36.4 Å². The number of alkyl halides is 3. The fourth-order valence-electron chi connectivity index (χ4n) is 1.87. The Morgan fingerprint density at radius 1 is 1.33 bits per heavy atom. The van der Waals surface area contributed by atoms with E-state index >= 15 is 0 Å². The predicted octanol–water partition coefficient (Wildman–Crippen LogP) is 2.27. The quantitative estimate of drug-likeness (QED) is 0.827. The Kier molecular flexibility index (Phi) is 3.56. The fraction of sp³-hybridized carbons (Fsp3) is 0.417. The van der Waals surface area contributed by atoms with E-state index in [0.29, 0.717) is 11.5 Å². The van der Waals surface area contributed by atoms with Crippen LogP contribution in [0.4, 0.5) is 19.0 Å². The summed E-state index contributed by atoms with van der Waals surface area (Å²) < 4.78 is 37.4. The van der Waals surface area contributed by atoms with Gasteiger partial charge in [-0.25, -0.2) is 4.98 Å². The van der Waals surface area contributed by atoms with E-state index in [4.69, 9.17) is 5.11 Å². The molecule has 0 saturated carbocycles. The minimum absolute atomic E-state index is 0.0332. The zero-order chi connectivity index (χ0) is 13.2. The zero-order valence-corrected chi connectivity index (χ0v) is 9.61. The molecule has 1 aliphatic heterocycles. The molecule has 3 nitrogen and oxygen atoms in total. The average molecular weight is 258 g/mol. The van der Waals surface area contributed by atoms with Crippen LogP contribution < -0.4 is 4.90 Å². The summed E-state index contributed by atoms with van der Waals surface area (Å²) in [4.78, 5) is 5.93. The van der Waals surface area contributed by atoms with Crippen LogP contribution in [-0.2, 0) is 6.61 Å². The van der Waals surface area contributed by atoms with Crippen LogP contribution in [0, 0.1) is 0 Å². The molecule has 2 rings (SSSR count). The van der Waals surface area contributed by atoms with Gasteiger partial charge in [0.25, 0.3) is 0 Å². The Morgan fingerprint density at radius 2 is 2.11 bits per heavy atom. The molecule has 0 bridgehead atoms. The van der Waals surface area contributed by atoms with Crippen LogP contribution in [0.15, 0.2) is 29.8 Å². The lowest BCUT2D eigenvalue weighted by Crippen LogP contribution is -2.32. The molecular formula is C12H13F3N2O. The maximum Gasteiger partial charge on any atom is 0.412 e. The number of anilines is 1. The predicted molar refractivity (Wildman–Crippen MR) is 61.1 cm³/mol. The second-order valence-electron chi connectivity index (χ2n) is 4.07. The van der Waals surface area contributed by atoms with Gasteiger partial charge in [-0.05, 0) is 18.6 Å². The van der Waals surface area contributed by atoms with E-state index in [-0.39, 0.29) is 26.1 Å². The van der Waals surface area contributed by atoms with Crippen LogP contribution >= 0.6 is 0 Å². The fourth-order valence-corrected chi connectivity index (χ4v) is 1.87. The lowest BCUT2D eigenvalue weighted by molar-refractivity contribution is -0.0944. The van der Waals surface area contributed by atoms with Crippen molar-refractivity contribution in [1.29, 1.82) is 0 Å². The second kappa shape index (κ2) is 4.97. The molecule has 0 aliphatic carbocycles. The van der Waals surface area contributed by atoms with Gasteiger partial charge < -0.3 is 10.0 Å². The minimum Gasteiger partial charge on any atom is -0.390 e. The van der Waals surface area contributed by atoms with Crippen molar-refractivity contribution < 1.29 is 18.3 Å². The van der Waals surface area contributed by atoms with Crippen molar-refractivity contribution in [3.63, 3.8) is 0 Å². The third-order valence-corrected chi connectivity index (χ3v) is 2.85. The van der Waals surface area contributed by atoms with Crippen molar-refractivity contribution in [2.75, 3.05) is 18.0 Å². The summed E-state index contributed by atoms with van der Waals surface area (Å²) in [5.41, 5.74) is 0.0372. The van der Waals surface area contributed by atoms with Crippen LogP contribution in [0.1, 0.15) is 12.1 Å². The van der Waals surface area contributed by atoms with E-state index in [1.54, 1.807) is 23.1 Å². The van der Waals surface area contributed by atoms with Gasteiger partial charge in [-0.2, -0.15) is 13.2 Å². The first-order chi connectivity index (χ1) is 8.50. The lowest BCUT2D eigenvalue weighted by Gasteiger charge is -2.28. The van der Waals surface area contributed by atoms with E-state index in [9.17, 15) is 13.2 Å². The molecule has 1 aromatic heterocycles. The summed E-state index contributed by atoms with van der Waals surface area (Å²) in [6.07, 6.45) is -3.07. The van der Waals surface area contributed by atoms with Gasteiger partial charge in [0.15, 0.2) is 0 Å². The van der Waals surface area contributed by atoms with Gasteiger partial charge in [0.1, 0.15) is 5.82 Å². The summed E-state index contributed by atoms with van der Waals surface area (Å²) >= 11 is 0. The number of pyridine rings is 1. The molecule has 1 aliphatic rings. The molecule has 0 aromatic carbocycles. The Hall–Kier alpha value is -1.56. The molecule has 1 aromatic rings. The Labute approximate surface area is 103 Å². The van der Waals surface area contributed by atoms with Gasteiger partial charge in [0, 0.05) is 18.7 Å². The highest BCUT2D eigenvalue weighted by Gasteiger charge is 2.34. The van der Waals surface area contributed by atoms with Crippen molar-refractivity contribution >= 4 is 5.82 Å². The highest BCUT2D eigenvalue weighted by atomic mass is 19.4. The molecule has 0 amide bonds.